The molecule has 0 aromatic heterocycles. The summed E-state index contributed by atoms with van der Waals surface area (Å²) in [6.07, 6.45) is 2.02. The van der Waals surface area contributed by atoms with Gasteiger partial charge in [0.25, 0.3) is 0 Å². The van der Waals surface area contributed by atoms with Crippen LogP contribution in [0.4, 0.5) is 0 Å². The molecule has 1 aromatic rings. The molecule has 1 heterocycles. The van der Waals surface area contributed by atoms with Crippen LogP contribution in [0.2, 0.25) is 0 Å². The Labute approximate surface area is 93.5 Å². The average Bonchev–Trinajstić information content (AvgIpc) is 2.49. The number of benzene rings is 1. The second kappa shape index (κ2) is 4.57. The van der Waals surface area contributed by atoms with Crippen LogP contribution >= 0.6 is 11.8 Å². The molecule has 1 aliphatic rings. The molecule has 0 fully saturated rings. The van der Waals surface area contributed by atoms with Gasteiger partial charge in [0, 0.05) is 0 Å². The van der Waals surface area contributed by atoms with E-state index in [-0.39, 0.29) is 0 Å². The Kier molecular flexibility index (Phi) is 3.16. The average molecular weight is 223 g/mol. The number of nitrogens with zero attached hydrogens (tertiary/aromatic N) is 1. The molecule has 0 spiro atoms. The quantitative estimate of drug-likeness (QED) is 0.731. The van der Waals surface area contributed by atoms with Gasteiger partial charge in [0.1, 0.15) is 23.1 Å². The molecule has 0 radical (unpaired) electrons. The highest BCUT2D eigenvalue weighted by atomic mass is 32.2. The Bertz CT molecular complexity index is 390. The molecule has 80 valence electrons. The van der Waals surface area contributed by atoms with E-state index in [9.17, 15) is 0 Å². The van der Waals surface area contributed by atoms with Crippen molar-refractivity contribution in [3.63, 3.8) is 0 Å². The van der Waals surface area contributed by atoms with Crippen LogP contribution in [0.15, 0.2) is 23.2 Å². The number of hydrogen-bond donors (Lipinski definition) is 0. The number of fused-ring (bicyclic) bond motifs is 1. The van der Waals surface area contributed by atoms with Crippen LogP contribution < -0.4 is 9.47 Å². The van der Waals surface area contributed by atoms with E-state index >= 15 is 0 Å². The number of ether oxygens (including phenoxy) is 2. The van der Waals surface area contributed by atoms with Gasteiger partial charge in [-0.3, -0.25) is 4.99 Å². The fourth-order valence-electron chi connectivity index (χ4n) is 1.49. The zero-order valence-corrected chi connectivity index (χ0v) is 9.63. The summed E-state index contributed by atoms with van der Waals surface area (Å²) in [5, 5.41) is 1.02. The van der Waals surface area contributed by atoms with Crippen molar-refractivity contribution in [2.24, 2.45) is 4.99 Å². The maximum Gasteiger partial charge on any atom is 0.129 e. The van der Waals surface area contributed by atoms with Crippen LogP contribution in [-0.2, 0) is 0 Å². The zero-order chi connectivity index (χ0) is 10.7. The van der Waals surface area contributed by atoms with Crippen molar-refractivity contribution in [1.29, 1.82) is 0 Å². The molecule has 0 aliphatic carbocycles. The molecule has 4 heteroatoms. The number of aliphatic imine (C=N–C) groups is 1. The van der Waals surface area contributed by atoms with Crippen LogP contribution in [0.5, 0.6) is 11.5 Å². The summed E-state index contributed by atoms with van der Waals surface area (Å²) >= 11 is 1.64. The van der Waals surface area contributed by atoms with E-state index in [4.69, 9.17) is 9.47 Å². The monoisotopic (exact) mass is 223 g/mol. The minimum atomic E-state index is 0.642. The Morgan fingerprint density at radius 1 is 1.47 bits per heavy atom. The van der Waals surface area contributed by atoms with Crippen molar-refractivity contribution in [1.82, 2.24) is 0 Å². The molecule has 0 unspecified atom stereocenters. The summed E-state index contributed by atoms with van der Waals surface area (Å²) < 4.78 is 10.8. The van der Waals surface area contributed by atoms with Crippen molar-refractivity contribution in [3.05, 3.63) is 23.8 Å². The molecule has 0 saturated heterocycles. The van der Waals surface area contributed by atoms with Gasteiger partial charge < -0.3 is 9.47 Å². The highest BCUT2D eigenvalue weighted by molar-refractivity contribution is 8.13. The number of hydrogen-bond acceptors (Lipinski definition) is 4. The summed E-state index contributed by atoms with van der Waals surface area (Å²) in [6.45, 7) is 1.36. The first-order valence-corrected chi connectivity index (χ1v) is 5.97. The van der Waals surface area contributed by atoms with Crippen molar-refractivity contribution in [2.75, 3.05) is 26.5 Å². The summed E-state index contributed by atoms with van der Waals surface area (Å²) in [5.74, 6) is 1.72. The second-order valence-electron chi connectivity index (χ2n) is 3.10. The summed E-state index contributed by atoms with van der Waals surface area (Å²) in [5.41, 5.74) is 1.03. The zero-order valence-electron chi connectivity index (χ0n) is 8.82. The van der Waals surface area contributed by atoms with E-state index in [0.29, 0.717) is 13.2 Å². The Morgan fingerprint density at radius 2 is 2.33 bits per heavy atom. The van der Waals surface area contributed by atoms with E-state index in [1.165, 1.54) is 0 Å². The molecule has 3 nitrogen and oxygen atoms in total. The van der Waals surface area contributed by atoms with Gasteiger partial charge in [0.15, 0.2) is 0 Å². The predicted octanol–water partition coefficient (Wildman–Crippen LogP) is 2.20. The van der Waals surface area contributed by atoms with Gasteiger partial charge in [-0.1, -0.05) is 0 Å². The number of thioether (sulfide) groups is 1. The summed E-state index contributed by atoms with van der Waals surface area (Å²) in [6, 6.07) is 5.81. The molecule has 2 rings (SSSR count). The lowest BCUT2D eigenvalue weighted by molar-refractivity contribution is 0.330. The van der Waals surface area contributed by atoms with Gasteiger partial charge in [-0.15, -0.1) is 11.8 Å². The molecule has 0 N–H and O–H groups in total. The predicted molar refractivity (Wildman–Crippen MR) is 63.4 cm³/mol. The minimum Gasteiger partial charge on any atom is -0.497 e. The third kappa shape index (κ3) is 2.09. The van der Waals surface area contributed by atoms with Crippen molar-refractivity contribution < 1.29 is 9.47 Å². The maximum absolute atomic E-state index is 5.60. The lowest BCUT2D eigenvalue weighted by Crippen LogP contribution is -1.99. The van der Waals surface area contributed by atoms with Gasteiger partial charge in [-0.25, -0.2) is 0 Å². The fraction of sp³-hybridized carbons (Fsp3) is 0.364. The normalized spacial score (nSPS) is 14.7. The van der Waals surface area contributed by atoms with E-state index in [2.05, 4.69) is 4.99 Å². The molecular weight excluding hydrogens is 210 g/mol. The van der Waals surface area contributed by atoms with Crippen molar-refractivity contribution in [3.8, 4) is 11.5 Å². The number of methoxy groups -OCH3 is 1. The van der Waals surface area contributed by atoms with Crippen LogP contribution in [-0.4, -0.2) is 31.6 Å². The van der Waals surface area contributed by atoms with Crippen LogP contribution in [0.3, 0.4) is 0 Å². The van der Waals surface area contributed by atoms with Crippen LogP contribution in [0.1, 0.15) is 5.56 Å². The third-order valence-electron chi connectivity index (χ3n) is 2.21. The highest BCUT2D eigenvalue weighted by Gasteiger charge is 2.13. The fourth-order valence-corrected chi connectivity index (χ4v) is 2.09. The van der Waals surface area contributed by atoms with Gasteiger partial charge in [-0.2, -0.15) is 0 Å². The largest absolute Gasteiger partial charge is 0.497 e. The Balaban J connectivity index is 2.47. The first-order valence-electron chi connectivity index (χ1n) is 4.75. The molecule has 0 saturated carbocycles. The van der Waals surface area contributed by atoms with Gasteiger partial charge in [-0.05, 0) is 24.5 Å². The molecule has 0 atom stereocenters. The van der Waals surface area contributed by atoms with Crippen molar-refractivity contribution in [2.45, 2.75) is 0 Å². The lowest BCUT2D eigenvalue weighted by atomic mass is 10.2. The second-order valence-corrected chi connectivity index (χ2v) is 3.90. The van der Waals surface area contributed by atoms with E-state index in [1.54, 1.807) is 18.9 Å². The number of rotatable bonds is 1. The highest BCUT2D eigenvalue weighted by Crippen LogP contribution is 2.29. The summed E-state index contributed by atoms with van der Waals surface area (Å²) in [4.78, 5) is 4.46. The van der Waals surface area contributed by atoms with E-state index in [1.807, 2.05) is 24.5 Å². The molecule has 1 aromatic carbocycles. The smallest absolute Gasteiger partial charge is 0.129 e. The molecule has 0 bridgehead atoms. The molecule has 0 amide bonds. The minimum absolute atomic E-state index is 0.642. The summed E-state index contributed by atoms with van der Waals surface area (Å²) in [7, 11) is 1.66. The Hall–Kier alpha value is -1.16. The first-order chi connectivity index (χ1) is 7.35. The van der Waals surface area contributed by atoms with Gasteiger partial charge in [0.2, 0.25) is 0 Å². The Morgan fingerprint density at radius 3 is 3.07 bits per heavy atom. The lowest BCUT2D eigenvalue weighted by Gasteiger charge is -2.09. The standard InChI is InChI=1S/C11H13NO2S/c1-13-8-3-4-10-9(7-8)11(15-2)12-5-6-14-10/h3-4,7H,5-6H2,1-2H3. The van der Waals surface area contributed by atoms with Gasteiger partial charge >= 0.3 is 0 Å². The molecule has 15 heavy (non-hydrogen) atoms. The van der Waals surface area contributed by atoms with Gasteiger partial charge in [0.05, 0.1) is 19.2 Å². The third-order valence-corrected chi connectivity index (χ3v) is 2.95. The molecule has 1 aliphatic heterocycles. The van der Waals surface area contributed by atoms with Crippen LogP contribution in [0, 0.1) is 0 Å². The van der Waals surface area contributed by atoms with Crippen molar-refractivity contribution >= 4 is 16.8 Å². The molecular formula is C11H13NO2S. The van der Waals surface area contributed by atoms with Crippen LogP contribution in [0.25, 0.3) is 0 Å². The first kappa shape index (κ1) is 10.4. The SMILES string of the molecule is COc1ccc2c(c1)C(SC)=NCCO2. The van der Waals surface area contributed by atoms with E-state index in [0.717, 1.165) is 22.1 Å². The topological polar surface area (TPSA) is 30.8 Å². The maximum atomic E-state index is 5.60. The van der Waals surface area contributed by atoms with E-state index < -0.39 is 0 Å².